The second kappa shape index (κ2) is 13.4. The zero-order valence-corrected chi connectivity index (χ0v) is 16.9. The summed E-state index contributed by atoms with van der Waals surface area (Å²) in [6.45, 7) is 9.30. The number of nitrogens with one attached hydrogen (secondary N) is 2. The van der Waals surface area contributed by atoms with Crippen LogP contribution in [-0.2, 0) is 14.3 Å². The molecule has 0 aliphatic carbocycles. The molecule has 0 heterocycles. The molecule has 0 rings (SSSR count). The maximum absolute atomic E-state index is 12.0. The fourth-order valence-electron chi connectivity index (χ4n) is 2.27. The highest BCUT2D eigenvalue weighted by molar-refractivity contribution is 5.76. The summed E-state index contributed by atoms with van der Waals surface area (Å²) in [4.78, 5) is 23.6. The van der Waals surface area contributed by atoms with Gasteiger partial charge in [0.05, 0.1) is 24.4 Å². The van der Waals surface area contributed by atoms with Crippen LogP contribution in [0.4, 0.5) is 0 Å². The van der Waals surface area contributed by atoms with Gasteiger partial charge >= 0.3 is 0 Å². The number of carbonyl (C=O) groups excluding carboxylic acids is 2. The van der Waals surface area contributed by atoms with E-state index in [4.69, 9.17) is 16.2 Å². The van der Waals surface area contributed by atoms with Crippen molar-refractivity contribution in [2.45, 2.75) is 71.8 Å². The summed E-state index contributed by atoms with van der Waals surface area (Å²) in [6, 6.07) is 0. The van der Waals surface area contributed by atoms with Gasteiger partial charge in [-0.1, -0.05) is 20.3 Å². The second-order valence-electron chi connectivity index (χ2n) is 7.76. The third-order valence-electron chi connectivity index (χ3n) is 3.78. The molecule has 0 saturated carbocycles. The predicted molar refractivity (Wildman–Crippen MR) is 105 cm³/mol. The van der Waals surface area contributed by atoms with Crippen LogP contribution >= 0.6 is 0 Å². The largest absolute Gasteiger partial charge is 0.403 e. The predicted octanol–water partition coefficient (Wildman–Crippen LogP) is 1.77. The van der Waals surface area contributed by atoms with Crippen LogP contribution in [0.1, 0.15) is 66.2 Å². The summed E-state index contributed by atoms with van der Waals surface area (Å²) in [5.41, 5.74) is 10.8. The lowest BCUT2D eigenvalue weighted by Gasteiger charge is -2.26. The Morgan fingerprint density at radius 1 is 1.12 bits per heavy atom. The molecule has 0 saturated heterocycles. The Morgan fingerprint density at radius 2 is 1.81 bits per heavy atom. The molecular weight excluding hydrogens is 332 g/mol. The molecule has 7 heteroatoms. The Bertz CT molecular complexity index is 448. The molecule has 0 aromatic rings. The van der Waals surface area contributed by atoms with Gasteiger partial charge in [-0.25, -0.2) is 0 Å². The van der Waals surface area contributed by atoms with E-state index in [0.29, 0.717) is 37.6 Å². The first-order chi connectivity index (χ1) is 12.2. The average molecular weight is 371 g/mol. The Hall–Kier alpha value is -1.76. The second-order valence-corrected chi connectivity index (χ2v) is 7.76. The van der Waals surface area contributed by atoms with Crippen molar-refractivity contribution < 1.29 is 14.3 Å². The van der Waals surface area contributed by atoms with Gasteiger partial charge in [-0.2, -0.15) is 0 Å². The molecule has 0 aromatic heterocycles. The van der Waals surface area contributed by atoms with Crippen LogP contribution in [0.2, 0.25) is 0 Å². The zero-order valence-electron chi connectivity index (χ0n) is 16.9. The number of hydrogen-bond acceptors (Lipinski definition) is 5. The smallest absolute Gasteiger partial charge is 0.220 e. The van der Waals surface area contributed by atoms with Crippen molar-refractivity contribution in [1.29, 1.82) is 0 Å². The molecule has 0 bridgehead atoms. The maximum atomic E-state index is 12.0. The van der Waals surface area contributed by atoms with Crippen molar-refractivity contribution in [2.75, 3.05) is 19.8 Å². The minimum Gasteiger partial charge on any atom is -0.403 e. The van der Waals surface area contributed by atoms with Crippen molar-refractivity contribution in [3.8, 4) is 0 Å². The number of unbranched alkanes of at least 4 members (excludes halogenated alkanes) is 2. The molecule has 7 nitrogen and oxygen atoms in total. The summed E-state index contributed by atoms with van der Waals surface area (Å²) >= 11 is 0. The van der Waals surface area contributed by atoms with Crippen molar-refractivity contribution in [1.82, 2.24) is 10.6 Å². The van der Waals surface area contributed by atoms with Crippen LogP contribution < -0.4 is 22.1 Å². The zero-order chi connectivity index (χ0) is 20.0. The molecule has 2 amide bonds. The summed E-state index contributed by atoms with van der Waals surface area (Å²) in [7, 11) is 0. The van der Waals surface area contributed by atoms with Crippen LogP contribution in [0.3, 0.4) is 0 Å². The molecule has 26 heavy (non-hydrogen) atoms. The molecule has 0 aliphatic rings. The van der Waals surface area contributed by atoms with Gasteiger partial charge in [0.25, 0.3) is 0 Å². The van der Waals surface area contributed by atoms with E-state index in [0.717, 1.165) is 25.7 Å². The van der Waals surface area contributed by atoms with E-state index in [1.165, 1.54) is 6.20 Å². The lowest BCUT2D eigenvalue weighted by molar-refractivity contribution is -0.123. The van der Waals surface area contributed by atoms with Gasteiger partial charge in [0.1, 0.15) is 0 Å². The lowest BCUT2D eigenvalue weighted by Crippen LogP contribution is -2.47. The van der Waals surface area contributed by atoms with Gasteiger partial charge in [-0.05, 0) is 39.0 Å². The van der Waals surface area contributed by atoms with Gasteiger partial charge in [0.15, 0.2) is 0 Å². The standard InChI is InChI=1S/C19H38N4O3/c1-15(2)9-10-17(24)22-11-7-5-6-8-18(25)23-19(3,4)14-26-13-16(21)12-20/h12,15H,5-11,13-14,20-21H2,1-4H3,(H,22,24)(H,23,25)/b16-12-. The molecule has 0 aromatic carbocycles. The average Bonchev–Trinajstić information content (AvgIpc) is 2.55. The van der Waals surface area contributed by atoms with Crippen LogP contribution in [0.5, 0.6) is 0 Å². The molecule has 152 valence electrons. The van der Waals surface area contributed by atoms with Gasteiger partial charge < -0.3 is 26.8 Å². The summed E-state index contributed by atoms with van der Waals surface area (Å²) < 4.78 is 5.44. The van der Waals surface area contributed by atoms with Gasteiger partial charge in [-0.3, -0.25) is 9.59 Å². The first-order valence-electron chi connectivity index (χ1n) is 9.48. The van der Waals surface area contributed by atoms with E-state index in [9.17, 15) is 9.59 Å². The molecule has 0 fully saturated rings. The normalized spacial score (nSPS) is 12.3. The first kappa shape index (κ1) is 24.2. The summed E-state index contributed by atoms with van der Waals surface area (Å²) in [5, 5.41) is 5.88. The van der Waals surface area contributed by atoms with Gasteiger partial charge in [0, 0.05) is 25.6 Å². The first-order valence-corrected chi connectivity index (χ1v) is 9.48. The van der Waals surface area contributed by atoms with E-state index in [2.05, 4.69) is 24.5 Å². The lowest BCUT2D eigenvalue weighted by atomic mass is 10.1. The van der Waals surface area contributed by atoms with Crippen LogP contribution in [0.15, 0.2) is 11.9 Å². The number of amides is 2. The molecule has 0 radical (unpaired) electrons. The number of nitrogens with two attached hydrogens (primary N) is 2. The molecule has 6 N–H and O–H groups in total. The molecule has 0 spiro atoms. The molecule has 0 unspecified atom stereocenters. The third-order valence-corrected chi connectivity index (χ3v) is 3.78. The number of rotatable bonds is 14. The van der Waals surface area contributed by atoms with Gasteiger partial charge in [0.2, 0.25) is 11.8 Å². The van der Waals surface area contributed by atoms with Crippen LogP contribution in [0.25, 0.3) is 0 Å². The topological polar surface area (TPSA) is 119 Å². The highest BCUT2D eigenvalue weighted by Crippen LogP contribution is 2.07. The van der Waals surface area contributed by atoms with E-state index >= 15 is 0 Å². The van der Waals surface area contributed by atoms with E-state index in [1.807, 2.05) is 13.8 Å². The fraction of sp³-hybridized carbons (Fsp3) is 0.789. The Morgan fingerprint density at radius 3 is 2.42 bits per heavy atom. The summed E-state index contributed by atoms with van der Waals surface area (Å²) in [5.74, 6) is 0.661. The highest BCUT2D eigenvalue weighted by atomic mass is 16.5. The highest BCUT2D eigenvalue weighted by Gasteiger charge is 2.20. The molecule has 0 aliphatic heterocycles. The van der Waals surface area contributed by atoms with Crippen LogP contribution in [0, 0.1) is 5.92 Å². The van der Waals surface area contributed by atoms with Crippen molar-refractivity contribution in [3.63, 3.8) is 0 Å². The quantitative estimate of drug-likeness (QED) is 0.347. The molecular formula is C19H38N4O3. The SMILES string of the molecule is CC(C)CCC(=O)NCCCCCC(=O)NC(C)(C)COC/C(N)=C/N. The number of carbonyl (C=O) groups is 2. The monoisotopic (exact) mass is 370 g/mol. The maximum Gasteiger partial charge on any atom is 0.220 e. The van der Waals surface area contributed by atoms with Crippen LogP contribution in [-0.4, -0.2) is 37.1 Å². The molecule has 0 atom stereocenters. The number of ether oxygens (including phenoxy) is 1. The van der Waals surface area contributed by atoms with E-state index in [-0.39, 0.29) is 18.4 Å². The number of hydrogen-bond donors (Lipinski definition) is 4. The van der Waals surface area contributed by atoms with Crippen molar-refractivity contribution in [3.05, 3.63) is 11.9 Å². The minimum absolute atomic E-state index is 0.00177. The Labute approximate surface area is 158 Å². The van der Waals surface area contributed by atoms with E-state index in [1.54, 1.807) is 0 Å². The minimum atomic E-state index is -0.462. The Kier molecular flexibility index (Phi) is 12.5. The van der Waals surface area contributed by atoms with Crippen molar-refractivity contribution >= 4 is 11.8 Å². The fourth-order valence-corrected chi connectivity index (χ4v) is 2.27. The Balaban J connectivity index is 3.74. The third kappa shape index (κ3) is 14.6. The summed E-state index contributed by atoms with van der Waals surface area (Å²) in [6.07, 6.45) is 5.87. The van der Waals surface area contributed by atoms with E-state index < -0.39 is 5.54 Å². The van der Waals surface area contributed by atoms with Gasteiger partial charge in [-0.15, -0.1) is 0 Å². The van der Waals surface area contributed by atoms with Crippen molar-refractivity contribution in [2.24, 2.45) is 17.4 Å².